The second-order valence-electron chi connectivity index (χ2n) is 3.57. The highest BCUT2D eigenvalue weighted by molar-refractivity contribution is 6.31. The number of benzene rings is 1. The number of nitro benzene ring substituents is 1. The fraction of sp³-hybridized carbons (Fsp3) is 0.300. The highest BCUT2D eigenvalue weighted by Gasteiger charge is 2.14. The summed E-state index contributed by atoms with van der Waals surface area (Å²) in [5.41, 5.74) is 5.28. The van der Waals surface area contributed by atoms with E-state index in [-0.39, 0.29) is 28.9 Å². The van der Waals surface area contributed by atoms with E-state index in [1.165, 1.54) is 18.2 Å². The topological polar surface area (TPSA) is 98.3 Å². The molecular formula is C10H12ClN3O3. The molecule has 0 heterocycles. The van der Waals surface area contributed by atoms with Gasteiger partial charge in [-0.1, -0.05) is 11.6 Å². The first-order valence-corrected chi connectivity index (χ1v) is 5.27. The maximum Gasteiger partial charge on any atom is 0.271 e. The van der Waals surface area contributed by atoms with Crippen LogP contribution in [-0.2, 0) is 0 Å². The van der Waals surface area contributed by atoms with Gasteiger partial charge in [-0.05, 0) is 13.0 Å². The number of amides is 1. The van der Waals surface area contributed by atoms with Crippen molar-refractivity contribution >= 4 is 23.2 Å². The Balaban J connectivity index is 2.97. The van der Waals surface area contributed by atoms with Crippen LogP contribution in [-0.4, -0.2) is 23.4 Å². The van der Waals surface area contributed by atoms with E-state index in [9.17, 15) is 14.9 Å². The number of rotatable bonds is 4. The molecule has 1 aromatic rings. The molecule has 3 N–H and O–H groups in total. The molecule has 92 valence electrons. The highest BCUT2D eigenvalue weighted by atomic mass is 35.5. The third kappa shape index (κ3) is 3.69. The Morgan fingerprint density at radius 1 is 1.59 bits per heavy atom. The van der Waals surface area contributed by atoms with E-state index in [2.05, 4.69) is 5.32 Å². The summed E-state index contributed by atoms with van der Waals surface area (Å²) in [6.07, 6.45) is 0. The Morgan fingerprint density at radius 2 is 2.24 bits per heavy atom. The highest BCUT2D eigenvalue weighted by Crippen LogP contribution is 2.20. The quantitative estimate of drug-likeness (QED) is 0.628. The summed E-state index contributed by atoms with van der Waals surface area (Å²) >= 11 is 5.70. The zero-order chi connectivity index (χ0) is 13.0. The molecule has 0 aliphatic heterocycles. The first-order valence-electron chi connectivity index (χ1n) is 4.90. The lowest BCUT2D eigenvalue weighted by molar-refractivity contribution is -0.384. The maximum atomic E-state index is 11.7. The third-order valence-corrected chi connectivity index (χ3v) is 2.30. The van der Waals surface area contributed by atoms with Crippen molar-refractivity contribution in [2.24, 2.45) is 5.73 Å². The standard InChI is InChI=1S/C10H12ClN3O3/c1-6(5-12)13-10(15)7-2-8(11)4-9(3-7)14(16)17/h2-4,6H,5,12H2,1H3,(H,13,15). The van der Waals surface area contributed by atoms with Crippen molar-refractivity contribution in [3.8, 4) is 0 Å². The van der Waals surface area contributed by atoms with Crippen molar-refractivity contribution in [2.75, 3.05) is 6.54 Å². The molecule has 1 aromatic carbocycles. The number of nitrogens with zero attached hydrogens (tertiary/aromatic N) is 1. The number of nitrogens with two attached hydrogens (primary N) is 1. The molecule has 7 heteroatoms. The van der Waals surface area contributed by atoms with Gasteiger partial charge < -0.3 is 11.1 Å². The van der Waals surface area contributed by atoms with Crippen LogP contribution in [0, 0.1) is 10.1 Å². The minimum atomic E-state index is -0.602. The lowest BCUT2D eigenvalue weighted by atomic mass is 10.1. The number of carbonyl (C=O) groups excluding carboxylic acids is 1. The van der Waals surface area contributed by atoms with Gasteiger partial charge in [0.2, 0.25) is 0 Å². The monoisotopic (exact) mass is 257 g/mol. The van der Waals surface area contributed by atoms with E-state index < -0.39 is 10.8 Å². The minimum Gasteiger partial charge on any atom is -0.348 e. The predicted molar refractivity (Wildman–Crippen MR) is 64.1 cm³/mol. The van der Waals surface area contributed by atoms with Crippen molar-refractivity contribution in [3.63, 3.8) is 0 Å². The molecule has 6 nitrogen and oxygen atoms in total. The van der Waals surface area contributed by atoms with Crippen LogP contribution >= 0.6 is 11.6 Å². The van der Waals surface area contributed by atoms with Crippen LogP contribution in [0.25, 0.3) is 0 Å². The fourth-order valence-electron chi connectivity index (χ4n) is 1.18. The zero-order valence-corrected chi connectivity index (χ0v) is 9.90. The molecule has 0 aliphatic carbocycles. The average molecular weight is 258 g/mol. The Hall–Kier alpha value is -1.66. The summed E-state index contributed by atoms with van der Waals surface area (Å²) in [7, 11) is 0. The molecule has 0 saturated heterocycles. The van der Waals surface area contributed by atoms with Crippen LogP contribution in [0.5, 0.6) is 0 Å². The van der Waals surface area contributed by atoms with E-state index in [0.717, 1.165) is 0 Å². The van der Waals surface area contributed by atoms with Gasteiger partial charge >= 0.3 is 0 Å². The summed E-state index contributed by atoms with van der Waals surface area (Å²) in [5, 5.41) is 13.3. The molecular weight excluding hydrogens is 246 g/mol. The minimum absolute atomic E-state index is 0.143. The Labute approximate surface area is 103 Å². The summed E-state index contributed by atoms with van der Waals surface area (Å²) in [6.45, 7) is 2.02. The molecule has 0 bridgehead atoms. The molecule has 0 spiro atoms. The number of non-ortho nitro benzene ring substituents is 1. The van der Waals surface area contributed by atoms with Gasteiger partial charge in [-0.2, -0.15) is 0 Å². The zero-order valence-electron chi connectivity index (χ0n) is 9.14. The number of carbonyl (C=O) groups is 1. The molecule has 1 amide bonds. The number of nitrogens with one attached hydrogen (secondary N) is 1. The number of nitro groups is 1. The summed E-state index contributed by atoms with van der Waals surface area (Å²) < 4.78 is 0. The van der Waals surface area contributed by atoms with Gasteiger partial charge in [0.1, 0.15) is 0 Å². The first-order chi connectivity index (χ1) is 7.93. The number of halogens is 1. The lowest BCUT2D eigenvalue weighted by Gasteiger charge is -2.11. The van der Waals surface area contributed by atoms with Crippen LogP contribution in [0.2, 0.25) is 5.02 Å². The van der Waals surface area contributed by atoms with Crippen LogP contribution in [0.4, 0.5) is 5.69 Å². The fourth-order valence-corrected chi connectivity index (χ4v) is 1.41. The molecule has 0 saturated carbocycles. The van der Waals surface area contributed by atoms with Crippen LogP contribution < -0.4 is 11.1 Å². The molecule has 0 aliphatic rings. The van der Waals surface area contributed by atoms with Crippen molar-refractivity contribution in [1.82, 2.24) is 5.32 Å². The predicted octanol–water partition coefficient (Wildman–Crippen LogP) is 1.33. The second-order valence-corrected chi connectivity index (χ2v) is 4.00. The molecule has 17 heavy (non-hydrogen) atoms. The van der Waals surface area contributed by atoms with E-state index in [1.54, 1.807) is 6.92 Å². The van der Waals surface area contributed by atoms with Crippen molar-refractivity contribution in [2.45, 2.75) is 13.0 Å². The van der Waals surface area contributed by atoms with Gasteiger partial charge in [-0.3, -0.25) is 14.9 Å². The van der Waals surface area contributed by atoms with Crippen LogP contribution in [0.1, 0.15) is 17.3 Å². The third-order valence-electron chi connectivity index (χ3n) is 2.09. The molecule has 0 fully saturated rings. The van der Waals surface area contributed by atoms with Gasteiger partial charge in [-0.25, -0.2) is 0 Å². The molecule has 1 unspecified atom stereocenters. The van der Waals surface area contributed by atoms with Crippen molar-refractivity contribution < 1.29 is 9.72 Å². The van der Waals surface area contributed by atoms with Crippen molar-refractivity contribution in [1.29, 1.82) is 0 Å². The first kappa shape index (κ1) is 13.4. The SMILES string of the molecule is CC(CN)NC(=O)c1cc(Cl)cc([N+](=O)[O-])c1. The van der Waals surface area contributed by atoms with E-state index in [1.807, 2.05) is 0 Å². The number of hydrogen-bond acceptors (Lipinski definition) is 4. The van der Waals surface area contributed by atoms with E-state index in [4.69, 9.17) is 17.3 Å². The van der Waals surface area contributed by atoms with Crippen LogP contribution in [0.3, 0.4) is 0 Å². The molecule has 1 atom stereocenters. The maximum absolute atomic E-state index is 11.7. The van der Waals surface area contributed by atoms with Gasteiger partial charge in [-0.15, -0.1) is 0 Å². The molecule has 0 radical (unpaired) electrons. The van der Waals surface area contributed by atoms with Gasteiger partial charge in [0.05, 0.1) is 4.92 Å². The average Bonchev–Trinajstić information content (AvgIpc) is 2.27. The second kappa shape index (κ2) is 5.60. The molecule has 1 rings (SSSR count). The smallest absolute Gasteiger partial charge is 0.271 e. The largest absolute Gasteiger partial charge is 0.348 e. The summed E-state index contributed by atoms with van der Waals surface area (Å²) in [6, 6.07) is 3.52. The van der Waals surface area contributed by atoms with Gasteiger partial charge in [0.25, 0.3) is 11.6 Å². The summed E-state index contributed by atoms with van der Waals surface area (Å²) in [5.74, 6) is -0.437. The lowest BCUT2D eigenvalue weighted by Crippen LogP contribution is -2.37. The van der Waals surface area contributed by atoms with Gasteiger partial charge in [0.15, 0.2) is 0 Å². The van der Waals surface area contributed by atoms with E-state index >= 15 is 0 Å². The Morgan fingerprint density at radius 3 is 2.76 bits per heavy atom. The van der Waals surface area contributed by atoms with Crippen molar-refractivity contribution in [3.05, 3.63) is 38.9 Å². The number of hydrogen-bond donors (Lipinski definition) is 2. The van der Waals surface area contributed by atoms with Crippen LogP contribution in [0.15, 0.2) is 18.2 Å². The van der Waals surface area contributed by atoms with Gasteiger partial charge in [0, 0.05) is 35.3 Å². The normalized spacial score (nSPS) is 11.9. The summed E-state index contributed by atoms with van der Waals surface area (Å²) in [4.78, 5) is 21.7. The van der Waals surface area contributed by atoms with E-state index in [0.29, 0.717) is 0 Å². The Kier molecular flexibility index (Phi) is 4.42. The molecule has 0 aromatic heterocycles. The Bertz CT molecular complexity index is 450.